The van der Waals surface area contributed by atoms with Gasteiger partial charge in [-0.15, -0.1) is 28.2 Å². The summed E-state index contributed by atoms with van der Waals surface area (Å²) in [4.78, 5) is 54.9. The van der Waals surface area contributed by atoms with Gasteiger partial charge in [0, 0.05) is 29.5 Å². The number of methoxy groups -OCH3 is 1. The first-order valence-corrected chi connectivity index (χ1v) is 23.9. The van der Waals surface area contributed by atoms with Gasteiger partial charge in [0.25, 0.3) is 5.91 Å². The van der Waals surface area contributed by atoms with E-state index in [-0.39, 0.29) is 36.2 Å². The number of thioether (sulfide) groups is 1. The monoisotopic (exact) mass is 927 g/mol. The van der Waals surface area contributed by atoms with Gasteiger partial charge < -0.3 is 34.6 Å². The highest BCUT2D eigenvalue weighted by atomic mass is 32.2. The molecule has 14 nitrogen and oxygen atoms in total. The Balaban J connectivity index is 0.962. The van der Waals surface area contributed by atoms with Crippen molar-refractivity contribution in [2.24, 2.45) is 10.6 Å². The summed E-state index contributed by atoms with van der Waals surface area (Å²) in [7, 11) is 1.59. The van der Waals surface area contributed by atoms with Gasteiger partial charge in [0.15, 0.2) is 10.8 Å². The van der Waals surface area contributed by atoms with Gasteiger partial charge in [-0.1, -0.05) is 119 Å². The maximum atomic E-state index is 14.4. The predicted molar refractivity (Wildman–Crippen MR) is 250 cm³/mol. The molecule has 17 heteroatoms. The third-order valence-electron chi connectivity index (χ3n) is 11.6. The van der Waals surface area contributed by atoms with Crippen molar-refractivity contribution >= 4 is 69.3 Å². The van der Waals surface area contributed by atoms with Crippen molar-refractivity contribution in [2.45, 2.75) is 49.1 Å². The van der Waals surface area contributed by atoms with Gasteiger partial charge in [-0.2, -0.15) is 0 Å². The Morgan fingerprint density at radius 3 is 2.25 bits per heavy atom. The third-order valence-corrected chi connectivity index (χ3v) is 14.4. The number of oxime groups is 1. The lowest BCUT2D eigenvalue weighted by molar-refractivity contribution is -0.163. The molecule has 0 spiro atoms. The van der Waals surface area contributed by atoms with E-state index in [0.29, 0.717) is 29.6 Å². The summed E-state index contributed by atoms with van der Waals surface area (Å²) in [6.45, 7) is 0.597. The molecule has 4 atom stereocenters. The van der Waals surface area contributed by atoms with Crippen molar-refractivity contribution in [2.75, 3.05) is 31.3 Å². The highest BCUT2D eigenvalue weighted by Gasteiger charge is 2.57. The third kappa shape index (κ3) is 9.40. The van der Waals surface area contributed by atoms with Gasteiger partial charge in [-0.05, 0) is 64.8 Å². The Kier molecular flexibility index (Phi) is 13.3. The topological polar surface area (TPSA) is 166 Å². The number of ether oxygens (including phenoxy) is 3. The molecule has 3 saturated heterocycles. The van der Waals surface area contributed by atoms with Crippen LogP contribution in [0.15, 0.2) is 137 Å². The second kappa shape index (κ2) is 19.8. The first kappa shape index (κ1) is 43.8. The Hall–Kier alpha value is -6.40. The minimum atomic E-state index is -1.19. The number of carbonyl (C=O) groups is 3. The van der Waals surface area contributed by atoms with E-state index in [1.54, 1.807) is 47.1 Å². The summed E-state index contributed by atoms with van der Waals surface area (Å²) in [5, 5.41) is 18.8. The standard InChI is InChI=1S/C48H45N7O7S3/c1-59-37-22-20-32(21-23-37)27-61-45(58)47(25-24-36-28-65-54-52-36)30-55-43(57)41(44(55)64-31-47)50-42(56)40(53-62-39-19-11-12-26-60-39)38-29-63-46(49-38)51-48(33-13-5-2-6-14-33,34-15-7-3-8-16-34)35-17-9-4-10-18-35/h2-10,13-18,20-25,28-29,39,41,44H,11-12,19,26-27,30-31H2,1H3,(H,49,51)(H,50,56)/t39?,41?,44-,47?/m1/s1. The fourth-order valence-electron chi connectivity index (χ4n) is 8.09. The molecule has 0 radical (unpaired) electrons. The number of amides is 2. The lowest BCUT2D eigenvalue weighted by atomic mass is 9.77. The molecule has 4 aromatic carbocycles. The van der Waals surface area contributed by atoms with Crippen molar-refractivity contribution in [1.29, 1.82) is 0 Å². The number of β-lactam (4-membered cyclic amide) rings is 1. The van der Waals surface area contributed by atoms with Crippen LogP contribution >= 0.6 is 34.6 Å². The minimum Gasteiger partial charge on any atom is -0.497 e. The number of aromatic nitrogens is 3. The molecule has 3 aliphatic heterocycles. The highest BCUT2D eigenvalue weighted by molar-refractivity contribution is 8.00. The number of nitrogens with zero attached hydrogens (tertiary/aromatic N) is 5. The SMILES string of the molecule is COc1ccc(COC(=O)C2(C=Cc3csnn3)CS[C@@H]3C(NC(=O)C(=NOC4CCCCO4)c4csc(NC(c5ccccc5)(c5ccccc5)c5ccccc5)n4)C(=O)N3C2)cc1. The zero-order chi connectivity index (χ0) is 44.6. The molecule has 2 N–H and O–H groups in total. The summed E-state index contributed by atoms with van der Waals surface area (Å²) in [5.74, 6) is -0.502. The number of esters is 1. The van der Waals surface area contributed by atoms with Crippen LogP contribution in [0.5, 0.6) is 5.75 Å². The van der Waals surface area contributed by atoms with Crippen LogP contribution in [-0.2, 0) is 40.8 Å². The van der Waals surface area contributed by atoms with Gasteiger partial charge in [-0.25, -0.2) is 4.98 Å². The van der Waals surface area contributed by atoms with Crippen LogP contribution in [0.25, 0.3) is 6.08 Å². The molecule has 332 valence electrons. The lowest BCUT2D eigenvalue weighted by Crippen LogP contribution is -2.73. The van der Waals surface area contributed by atoms with Crippen LogP contribution in [0, 0.1) is 5.41 Å². The predicted octanol–water partition coefficient (Wildman–Crippen LogP) is 7.50. The molecule has 2 aromatic heterocycles. The molecular weight excluding hydrogens is 883 g/mol. The van der Waals surface area contributed by atoms with E-state index in [1.165, 1.54) is 34.6 Å². The lowest BCUT2D eigenvalue weighted by Gasteiger charge is -2.53. The van der Waals surface area contributed by atoms with Crippen molar-refractivity contribution in [3.05, 3.63) is 166 Å². The largest absolute Gasteiger partial charge is 0.497 e. The average Bonchev–Trinajstić information content (AvgIpc) is 4.08. The number of nitrogens with one attached hydrogen (secondary N) is 2. The average molecular weight is 928 g/mol. The van der Waals surface area contributed by atoms with Crippen LogP contribution in [0.1, 0.15) is 52.9 Å². The number of fused-ring (bicyclic) bond motifs is 1. The number of benzene rings is 4. The summed E-state index contributed by atoms with van der Waals surface area (Å²) >= 11 is 3.90. The maximum Gasteiger partial charge on any atom is 0.318 e. The Bertz CT molecular complexity index is 2530. The quantitative estimate of drug-likeness (QED) is 0.0323. The molecule has 2 amide bonds. The molecule has 5 heterocycles. The zero-order valence-corrected chi connectivity index (χ0v) is 37.7. The van der Waals surface area contributed by atoms with E-state index in [9.17, 15) is 14.4 Å². The van der Waals surface area contributed by atoms with Gasteiger partial charge in [-0.3, -0.25) is 14.4 Å². The van der Waals surface area contributed by atoms with Gasteiger partial charge in [0.2, 0.25) is 12.2 Å². The first-order valence-electron chi connectivity index (χ1n) is 21.1. The van der Waals surface area contributed by atoms with Gasteiger partial charge >= 0.3 is 5.97 Å². The van der Waals surface area contributed by atoms with Crippen LogP contribution in [0.4, 0.5) is 5.13 Å². The van der Waals surface area contributed by atoms with E-state index >= 15 is 0 Å². The number of rotatable bonds is 16. The molecule has 0 saturated carbocycles. The summed E-state index contributed by atoms with van der Waals surface area (Å²) < 4.78 is 20.9. The number of anilines is 1. The number of carbonyl (C=O) groups excluding carboxylic acids is 3. The molecule has 3 unspecified atom stereocenters. The van der Waals surface area contributed by atoms with E-state index in [4.69, 9.17) is 24.0 Å². The number of thiazole rings is 1. The fourth-order valence-corrected chi connectivity index (χ4v) is 10.8. The normalized spacial score (nSPS) is 20.9. The Labute approximate surface area is 388 Å². The molecular formula is C48H45N7O7S3. The summed E-state index contributed by atoms with van der Waals surface area (Å²) in [5.41, 5.74) is 2.43. The van der Waals surface area contributed by atoms with E-state index in [1.807, 2.05) is 66.7 Å². The van der Waals surface area contributed by atoms with Crippen molar-refractivity contribution in [3.63, 3.8) is 0 Å². The van der Waals surface area contributed by atoms with Gasteiger partial charge in [0.05, 0.1) is 19.4 Å². The van der Waals surface area contributed by atoms with Gasteiger partial charge in [0.1, 0.15) is 40.4 Å². The second-order valence-corrected chi connectivity index (χ2v) is 18.3. The molecule has 0 aliphatic carbocycles. The molecule has 65 heavy (non-hydrogen) atoms. The highest BCUT2D eigenvalue weighted by Crippen LogP contribution is 2.44. The smallest absolute Gasteiger partial charge is 0.318 e. The van der Waals surface area contributed by atoms with E-state index in [0.717, 1.165) is 35.1 Å². The summed E-state index contributed by atoms with van der Waals surface area (Å²) in [6.07, 6.45) is 5.25. The van der Waals surface area contributed by atoms with E-state index in [2.05, 4.69) is 61.8 Å². The maximum absolute atomic E-state index is 14.4. The van der Waals surface area contributed by atoms with Crippen molar-refractivity contribution < 1.29 is 33.4 Å². The second-order valence-electron chi connectivity index (χ2n) is 15.7. The van der Waals surface area contributed by atoms with Crippen LogP contribution < -0.4 is 15.4 Å². The van der Waals surface area contributed by atoms with Crippen LogP contribution in [-0.4, -0.2) is 86.7 Å². The molecule has 3 fully saturated rings. The van der Waals surface area contributed by atoms with E-state index < -0.39 is 40.5 Å². The first-order chi connectivity index (χ1) is 31.8. The molecule has 9 rings (SSSR count). The number of hydrogen-bond donors (Lipinski definition) is 2. The van der Waals surface area contributed by atoms with Crippen molar-refractivity contribution in [1.82, 2.24) is 24.8 Å². The van der Waals surface area contributed by atoms with Crippen LogP contribution in [0.3, 0.4) is 0 Å². The van der Waals surface area contributed by atoms with Crippen molar-refractivity contribution in [3.8, 4) is 5.75 Å². The summed E-state index contributed by atoms with van der Waals surface area (Å²) in [6, 6.07) is 36.8. The fraction of sp³-hybridized carbons (Fsp3) is 0.271. The minimum absolute atomic E-state index is 0.0348. The molecule has 0 bridgehead atoms. The van der Waals surface area contributed by atoms with Crippen LogP contribution in [0.2, 0.25) is 0 Å². The number of hydrogen-bond acceptors (Lipinski definition) is 15. The Morgan fingerprint density at radius 1 is 0.938 bits per heavy atom. The Morgan fingerprint density at radius 2 is 1.63 bits per heavy atom. The molecule has 6 aromatic rings. The molecule has 3 aliphatic rings. The zero-order valence-electron chi connectivity index (χ0n) is 35.3.